The minimum atomic E-state index is -1.23. The number of benzene rings is 2. The highest BCUT2D eigenvalue weighted by Gasteiger charge is 2.32. The van der Waals surface area contributed by atoms with Crippen LogP contribution in [-0.2, 0) is 16.1 Å². The molecule has 0 amide bonds. The van der Waals surface area contributed by atoms with Gasteiger partial charge in [0.1, 0.15) is 5.75 Å². The third-order valence-electron chi connectivity index (χ3n) is 4.10. The van der Waals surface area contributed by atoms with Crippen LogP contribution in [0.25, 0.3) is 0 Å². The van der Waals surface area contributed by atoms with Crippen LogP contribution in [0.1, 0.15) is 25.2 Å². The van der Waals surface area contributed by atoms with Gasteiger partial charge >= 0.3 is 5.97 Å². The molecular weight excluding hydrogens is 406 g/mol. The fourth-order valence-corrected chi connectivity index (χ4v) is 2.66. The Hall–Kier alpha value is -3.39. The van der Waals surface area contributed by atoms with E-state index in [1.807, 2.05) is 31.2 Å². The lowest BCUT2D eigenvalue weighted by Crippen LogP contribution is -2.39. The number of rotatable bonds is 7. The van der Waals surface area contributed by atoms with Crippen LogP contribution >= 0.6 is 11.6 Å². The second kappa shape index (κ2) is 8.96. The molecule has 1 aromatic heterocycles. The van der Waals surface area contributed by atoms with Crippen molar-refractivity contribution in [1.29, 1.82) is 0 Å². The number of nitrogens with two attached hydrogens (primary N) is 1. The molecule has 0 saturated heterocycles. The van der Waals surface area contributed by atoms with E-state index >= 15 is 0 Å². The van der Waals surface area contributed by atoms with Crippen LogP contribution in [0.5, 0.6) is 5.75 Å². The number of nitrogens with one attached hydrogen (secondary N) is 1. The standard InChI is InChI=1S/C21H22ClN5O3/c1-13-6-4-5-7-16(13)24-20-26-17(25-19(23)27-20)12-29-18(28)21(2,3)30-15-10-8-14(22)9-11-15/h4-11H,12H2,1-3H3,(H3,23,24,25,26,27). The molecule has 0 spiro atoms. The molecule has 0 aliphatic heterocycles. The van der Waals surface area contributed by atoms with Gasteiger partial charge in [0.25, 0.3) is 0 Å². The lowest BCUT2D eigenvalue weighted by Gasteiger charge is -2.24. The smallest absolute Gasteiger partial charge is 0.350 e. The van der Waals surface area contributed by atoms with Gasteiger partial charge in [0.15, 0.2) is 18.0 Å². The molecule has 0 bridgehead atoms. The van der Waals surface area contributed by atoms with E-state index in [-0.39, 0.29) is 24.3 Å². The number of hydrogen-bond acceptors (Lipinski definition) is 8. The van der Waals surface area contributed by atoms with Crippen molar-refractivity contribution in [3.63, 3.8) is 0 Å². The number of carbonyl (C=O) groups excluding carboxylic acids is 1. The summed E-state index contributed by atoms with van der Waals surface area (Å²) in [6.07, 6.45) is 0. The minimum absolute atomic E-state index is 0.0174. The number of nitrogen functional groups attached to an aromatic ring is 1. The van der Waals surface area contributed by atoms with E-state index in [2.05, 4.69) is 20.3 Å². The first-order chi connectivity index (χ1) is 14.2. The van der Waals surface area contributed by atoms with Gasteiger partial charge in [0, 0.05) is 10.7 Å². The summed E-state index contributed by atoms with van der Waals surface area (Å²) >= 11 is 5.87. The summed E-state index contributed by atoms with van der Waals surface area (Å²) in [6, 6.07) is 14.4. The number of nitrogens with zero attached hydrogens (tertiary/aromatic N) is 3. The van der Waals surface area contributed by atoms with Crippen molar-refractivity contribution >= 4 is 35.2 Å². The van der Waals surface area contributed by atoms with E-state index in [0.717, 1.165) is 11.3 Å². The average Bonchev–Trinajstić information content (AvgIpc) is 2.69. The van der Waals surface area contributed by atoms with Crippen LogP contribution in [0, 0.1) is 6.92 Å². The SMILES string of the molecule is Cc1ccccc1Nc1nc(N)nc(COC(=O)C(C)(C)Oc2ccc(Cl)cc2)n1. The highest BCUT2D eigenvalue weighted by atomic mass is 35.5. The lowest BCUT2D eigenvalue weighted by atomic mass is 10.1. The number of ether oxygens (including phenoxy) is 2. The van der Waals surface area contributed by atoms with Crippen molar-refractivity contribution < 1.29 is 14.3 Å². The van der Waals surface area contributed by atoms with E-state index < -0.39 is 11.6 Å². The van der Waals surface area contributed by atoms with Gasteiger partial charge in [-0.2, -0.15) is 15.0 Å². The molecule has 0 unspecified atom stereocenters. The molecule has 0 radical (unpaired) electrons. The van der Waals surface area contributed by atoms with Crippen molar-refractivity contribution in [2.45, 2.75) is 33.0 Å². The third kappa shape index (κ3) is 5.57. The number of halogens is 1. The molecule has 9 heteroatoms. The van der Waals surface area contributed by atoms with E-state index in [0.29, 0.717) is 10.8 Å². The summed E-state index contributed by atoms with van der Waals surface area (Å²) in [7, 11) is 0. The second-order valence-electron chi connectivity index (χ2n) is 7.02. The molecular formula is C21H22ClN5O3. The predicted molar refractivity (Wildman–Crippen MR) is 115 cm³/mol. The first-order valence-corrected chi connectivity index (χ1v) is 9.55. The van der Waals surface area contributed by atoms with Crippen LogP contribution < -0.4 is 15.8 Å². The Kier molecular flexibility index (Phi) is 6.37. The van der Waals surface area contributed by atoms with Crippen molar-refractivity contribution in [2.75, 3.05) is 11.1 Å². The van der Waals surface area contributed by atoms with Gasteiger partial charge in [-0.3, -0.25) is 0 Å². The maximum absolute atomic E-state index is 12.5. The number of carbonyl (C=O) groups is 1. The normalized spacial score (nSPS) is 11.1. The number of para-hydroxylation sites is 1. The fraction of sp³-hybridized carbons (Fsp3) is 0.238. The van der Waals surface area contributed by atoms with Crippen molar-refractivity contribution in [3.05, 3.63) is 64.9 Å². The fourth-order valence-electron chi connectivity index (χ4n) is 2.53. The molecule has 0 saturated carbocycles. The van der Waals surface area contributed by atoms with Gasteiger partial charge in [-0.15, -0.1) is 0 Å². The van der Waals surface area contributed by atoms with Crippen LogP contribution in [0.4, 0.5) is 17.6 Å². The molecule has 3 aromatic rings. The van der Waals surface area contributed by atoms with Crippen molar-refractivity contribution in [1.82, 2.24) is 15.0 Å². The zero-order valence-corrected chi connectivity index (χ0v) is 17.6. The molecule has 0 aliphatic rings. The molecule has 0 atom stereocenters. The summed E-state index contributed by atoms with van der Waals surface area (Å²) in [5.74, 6) is 0.415. The quantitative estimate of drug-likeness (QED) is 0.543. The van der Waals surface area contributed by atoms with Gasteiger partial charge in [0.2, 0.25) is 11.9 Å². The molecule has 8 nitrogen and oxygen atoms in total. The number of anilines is 3. The molecule has 3 rings (SSSR count). The zero-order chi connectivity index (χ0) is 21.7. The number of esters is 1. The lowest BCUT2D eigenvalue weighted by molar-refractivity contribution is -0.161. The predicted octanol–water partition coefficient (Wildman–Crippen LogP) is 4.06. The largest absolute Gasteiger partial charge is 0.476 e. The highest BCUT2D eigenvalue weighted by Crippen LogP contribution is 2.22. The number of aryl methyl sites for hydroxylation is 1. The van der Waals surface area contributed by atoms with Gasteiger partial charge in [-0.1, -0.05) is 29.8 Å². The van der Waals surface area contributed by atoms with E-state index in [4.69, 9.17) is 26.8 Å². The Balaban J connectivity index is 1.65. The van der Waals surface area contributed by atoms with E-state index in [9.17, 15) is 4.79 Å². The number of aromatic nitrogens is 3. The molecule has 1 heterocycles. The molecule has 3 N–H and O–H groups in total. The Labute approximate surface area is 179 Å². The minimum Gasteiger partial charge on any atom is -0.476 e. The second-order valence-corrected chi connectivity index (χ2v) is 7.45. The average molecular weight is 428 g/mol. The summed E-state index contributed by atoms with van der Waals surface area (Å²) in [5.41, 5.74) is 6.41. The summed E-state index contributed by atoms with van der Waals surface area (Å²) in [5, 5.41) is 3.66. The van der Waals surface area contributed by atoms with Crippen LogP contribution in [0.2, 0.25) is 5.02 Å². The highest BCUT2D eigenvalue weighted by molar-refractivity contribution is 6.30. The molecule has 156 valence electrons. The molecule has 0 aliphatic carbocycles. The van der Waals surface area contributed by atoms with Crippen molar-refractivity contribution in [2.24, 2.45) is 0 Å². The zero-order valence-electron chi connectivity index (χ0n) is 16.8. The Morgan fingerprint density at radius 1 is 1.10 bits per heavy atom. The van der Waals surface area contributed by atoms with Gasteiger partial charge in [-0.25, -0.2) is 4.79 Å². The van der Waals surface area contributed by atoms with Crippen LogP contribution in [-0.4, -0.2) is 26.5 Å². The topological polar surface area (TPSA) is 112 Å². The first-order valence-electron chi connectivity index (χ1n) is 9.18. The summed E-state index contributed by atoms with van der Waals surface area (Å²) < 4.78 is 11.1. The van der Waals surface area contributed by atoms with Crippen LogP contribution in [0.15, 0.2) is 48.5 Å². The molecule has 0 fully saturated rings. The third-order valence-corrected chi connectivity index (χ3v) is 4.35. The van der Waals surface area contributed by atoms with E-state index in [1.54, 1.807) is 38.1 Å². The Morgan fingerprint density at radius 3 is 2.50 bits per heavy atom. The van der Waals surface area contributed by atoms with E-state index in [1.165, 1.54) is 0 Å². The Bertz CT molecular complexity index is 1040. The van der Waals surface area contributed by atoms with Crippen molar-refractivity contribution in [3.8, 4) is 5.75 Å². The molecule has 30 heavy (non-hydrogen) atoms. The summed E-state index contributed by atoms with van der Waals surface area (Å²) in [4.78, 5) is 24.9. The monoisotopic (exact) mass is 427 g/mol. The van der Waals surface area contributed by atoms with Crippen LogP contribution in [0.3, 0.4) is 0 Å². The van der Waals surface area contributed by atoms with Gasteiger partial charge < -0.3 is 20.5 Å². The van der Waals surface area contributed by atoms with Gasteiger partial charge in [-0.05, 0) is 56.7 Å². The maximum atomic E-state index is 12.5. The number of hydrogen-bond donors (Lipinski definition) is 2. The Morgan fingerprint density at radius 2 is 1.80 bits per heavy atom. The maximum Gasteiger partial charge on any atom is 0.350 e. The summed E-state index contributed by atoms with van der Waals surface area (Å²) in [6.45, 7) is 4.99. The molecule has 2 aromatic carbocycles. The first kappa shape index (κ1) is 21.3. The van der Waals surface area contributed by atoms with Gasteiger partial charge in [0.05, 0.1) is 0 Å².